The van der Waals surface area contributed by atoms with Crippen molar-refractivity contribution in [3.8, 4) is 11.8 Å². The molecule has 0 atom stereocenters. The number of thioether (sulfide) groups is 2. The van der Waals surface area contributed by atoms with Crippen molar-refractivity contribution in [1.82, 2.24) is 0 Å². The number of hydrogen-bond donors (Lipinski definition) is 0. The molecule has 0 bridgehead atoms. The minimum Gasteiger partial charge on any atom is -0.139 e. The smallest absolute Gasteiger partial charge is 0.0908 e. The predicted molar refractivity (Wildman–Crippen MR) is 89.7 cm³/mol. The lowest BCUT2D eigenvalue weighted by Gasteiger charge is -2.46. The van der Waals surface area contributed by atoms with Gasteiger partial charge in [-0.05, 0) is 48.0 Å². The second-order valence-corrected chi connectivity index (χ2v) is 8.75. The molecule has 1 aromatic carbocycles. The summed E-state index contributed by atoms with van der Waals surface area (Å²) in [6.45, 7) is 8.96. The Morgan fingerprint density at radius 1 is 1.05 bits per heavy atom. The van der Waals surface area contributed by atoms with Crippen molar-refractivity contribution in [2.45, 2.75) is 38.2 Å². The first-order valence-corrected chi connectivity index (χ1v) is 8.78. The topological polar surface area (TPSA) is 0 Å². The molecule has 2 rings (SSSR count). The Morgan fingerprint density at radius 3 is 2.11 bits per heavy atom. The third-order valence-electron chi connectivity index (χ3n) is 3.42. The Kier molecular flexibility index (Phi) is 4.58. The lowest BCUT2D eigenvalue weighted by Crippen LogP contribution is -2.36. The molecular weight excluding hydrogens is 268 g/mol. The summed E-state index contributed by atoms with van der Waals surface area (Å²) in [6, 6.07) is 8.87. The van der Waals surface area contributed by atoms with Crippen molar-refractivity contribution in [3.05, 3.63) is 35.4 Å². The van der Waals surface area contributed by atoms with Gasteiger partial charge in [0, 0.05) is 5.56 Å². The van der Waals surface area contributed by atoms with E-state index >= 15 is 0 Å². The average Bonchev–Trinajstić information content (AvgIpc) is 2.39. The fraction of sp³-hybridized carbons (Fsp3) is 0.529. The third kappa shape index (κ3) is 2.98. The van der Waals surface area contributed by atoms with Gasteiger partial charge in [-0.25, -0.2) is 0 Å². The molecule has 0 saturated carbocycles. The van der Waals surface area contributed by atoms with Gasteiger partial charge in [0.1, 0.15) is 0 Å². The van der Waals surface area contributed by atoms with Crippen LogP contribution in [0.5, 0.6) is 0 Å². The highest BCUT2D eigenvalue weighted by Gasteiger charge is 2.45. The Hall–Kier alpha value is -0.520. The molecule has 0 radical (unpaired) electrons. The molecular formula is C17H22S2. The maximum atomic E-state index is 3.13. The zero-order valence-corrected chi connectivity index (χ0v) is 13.9. The molecule has 0 aliphatic carbocycles. The highest BCUT2D eigenvalue weighted by molar-refractivity contribution is 8.18. The summed E-state index contributed by atoms with van der Waals surface area (Å²) in [5.74, 6) is 8.62. The molecule has 0 unspecified atom stereocenters. The lowest BCUT2D eigenvalue weighted by atomic mass is 9.86. The summed E-state index contributed by atoms with van der Waals surface area (Å²) in [5.41, 5.74) is 2.80. The van der Waals surface area contributed by atoms with E-state index in [1.165, 1.54) is 23.5 Å². The monoisotopic (exact) mass is 290 g/mol. The van der Waals surface area contributed by atoms with Crippen molar-refractivity contribution in [3.63, 3.8) is 0 Å². The van der Waals surface area contributed by atoms with E-state index in [0.717, 1.165) is 5.56 Å². The molecule has 0 aromatic heterocycles. The third-order valence-corrected chi connectivity index (χ3v) is 7.62. The Morgan fingerprint density at radius 2 is 1.63 bits per heavy atom. The van der Waals surface area contributed by atoms with Crippen LogP contribution in [0.1, 0.15) is 45.2 Å². The Balaban J connectivity index is 2.40. The molecule has 19 heavy (non-hydrogen) atoms. The van der Waals surface area contributed by atoms with E-state index in [-0.39, 0.29) is 9.49 Å². The van der Waals surface area contributed by atoms with Crippen LogP contribution >= 0.6 is 23.5 Å². The Labute approximate surface area is 126 Å². The molecule has 0 spiro atoms. The first kappa shape index (κ1) is 14.9. The SMILES string of the molecule is CC#Cc1ccc(C2(C(C)(C)C)SCCCS2)cc1. The summed E-state index contributed by atoms with van der Waals surface area (Å²) >= 11 is 4.23. The summed E-state index contributed by atoms with van der Waals surface area (Å²) in [7, 11) is 0. The van der Waals surface area contributed by atoms with Gasteiger partial charge in [0.25, 0.3) is 0 Å². The quantitative estimate of drug-likeness (QED) is 0.658. The van der Waals surface area contributed by atoms with Gasteiger partial charge in [-0.3, -0.25) is 0 Å². The summed E-state index contributed by atoms with van der Waals surface area (Å²) < 4.78 is 0.184. The zero-order valence-electron chi connectivity index (χ0n) is 12.2. The maximum Gasteiger partial charge on any atom is 0.0908 e. The van der Waals surface area contributed by atoms with E-state index in [2.05, 4.69) is 80.4 Å². The van der Waals surface area contributed by atoms with Crippen LogP contribution in [0.4, 0.5) is 0 Å². The Bertz CT molecular complexity index is 477. The molecule has 1 aliphatic heterocycles. The van der Waals surface area contributed by atoms with Crippen LogP contribution in [-0.2, 0) is 4.08 Å². The second-order valence-electron chi connectivity index (χ2n) is 5.87. The highest BCUT2D eigenvalue weighted by atomic mass is 32.2. The molecule has 1 heterocycles. The summed E-state index contributed by atoms with van der Waals surface area (Å²) in [6.07, 6.45) is 1.33. The molecule has 0 nitrogen and oxygen atoms in total. The predicted octanol–water partition coefficient (Wildman–Crippen LogP) is 5.13. The zero-order chi connectivity index (χ0) is 13.9. The second kappa shape index (κ2) is 5.85. The van der Waals surface area contributed by atoms with Gasteiger partial charge in [-0.15, -0.1) is 29.4 Å². The fourth-order valence-corrected chi connectivity index (χ4v) is 6.12. The molecule has 1 fully saturated rings. The van der Waals surface area contributed by atoms with Gasteiger partial charge in [-0.1, -0.05) is 38.8 Å². The van der Waals surface area contributed by atoms with Crippen molar-refractivity contribution >= 4 is 23.5 Å². The molecule has 0 N–H and O–H groups in total. The van der Waals surface area contributed by atoms with Crippen LogP contribution in [0, 0.1) is 17.3 Å². The van der Waals surface area contributed by atoms with Crippen molar-refractivity contribution in [2.24, 2.45) is 5.41 Å². The van der Waals surface area contributed by atoms with Gasteiger partial charge < -0.3 is 0 Å². The van der Waals surface area contributed by atoms with Crippen molar-refractivity contribution < 1.29 is 0 Å². The van der Waals surface area contributed by atoms with E-state index in [9.17, 15) is 0 Å². The van der Waals surface area contributed by atoms with E-state index in [1.807, 2.05) is 6.92 Å². The molecule has 1 saturated heterocycles. The van der Waals surface area contributed by atoms with Gasteiger partial charge in [0.15, 0.2) is 0 Å². The van der Waals surface area contributed by atoms with Gasteiger partial charge in [0.05, 0.1) is 4.08 Å². The van der Waals surface area contributed by atoms with E-state index in [0.29, 0.717) is 0 Å². The van der Waals surface area contributed by atoms with Crippen molar-refractivity contribution in [2.75, 3.05) is 11.5 Å². The molecule has 1 aliphatic rings. The largest absolute Gasteiger partial charge is 0.139 e. The highest BCUT2D eigenvalue weighted by Crippen LogP contribution is 2.60. The molecule has 1 aromatic rings. The van der Waals surface area contributed by atoms with E-state index in [4.69, 9.17) is 0 Å². The van der Waals surface area contributed by atoms with Gasteiger partial charge in [-0.2, -0.15) is 0 Å². The average molecular weight is 290 g/mol. The molecule has 0 amide bonds. The van der Waals surface area contributed by atoms with Crippen molar-refractivity contribution in [1.29, 1.82) is 0 Å². The first-order chi connectivity index (χ1) is 8.99. The normalized spacial score (nSPS) is 18.5. The van der Waals surface area contributed by atoms with Crippen LogP contribution in [0.15, 0.2) is 24.3 Å². The summed E-state index contributed by atoms with van der Waals surface area (Å²) in [5, 5.41) is 0. The van der Waals surface area contributed by atoms with E-state index in [1.54, 1.807) is 0 Å². The molecule has 2 heteroatoms. The van der Waals surface area contributed by atoms with Crippen LogP contribution in [-0.4, -0.2) is 11.5 Å². The standard InChI is InChI=1S/C17H22S2/c1-5-7-14-8-10-15(11-9-14)17(16(2,3)4)18-12-6-13-19-17/h8-11H,6,12-13H2,1-4H3. The van der Waals surface area contributed by atoms with Gasteiger partial charge in [0.2, 0.25) is 0 Å². The number of hydrogen-bond acceptors (Lipinski definition) is 2. The van der Waals surface area contributed by atoms with E-state index < -0.39 is 0 Å². The van der Waals surface area contributed by atoms with Gasteiger partial charge >= 0.3 is 0 Å². The minimum atomic E-state index is 0.184. The number of benzene rings is 1. The maximum absolute atomic E-state index is 3.13. The minimum absolute atomic E-state index is 0.184. The number of rotatable bonds is 1. The first-order valence-electron chi connectivity index (χ1n) is 6.81. The van der Waals surface area contributed by atoms with Crippen LogP contribution in [0.2, 0.25) is 0 Å². The van der Waals surface area contributed by atoms with Crippen LogP contribution < -0.4 is 0 Å². The summed E-state index contributed by atoms with van der Waals surface area (Å²) in [4.78, 5) is 0. The lowest BCUT2D eigenvalue weighted by molar-refractivity contribution is 0.371. The molecule has 102 valence electrons. The van der Waals surface area contributed by atoms with Crippen LogP contribution in [0.3, 0.4) is 0 Å². The van der Waals surface area contributed by atoms with Crippen LogP contribution in [0.25, 0.3) is 0 Å². The fourth-order valence-electron chi connectivity index (χ4n) is 2.48.